The van der Waals surface area contributed by atoms with Crippen LogP contribution in [0, 0.1) is 5.82 Å². The molecule has 48 heavy (non-hydrogen) atoms. The monoisotopic (exact) mass is 658 g/mol. The average molecular weight is 659 g/mol. The summed E-state index contributed by atoms with van der Waals surface area (Å²) in [6, 6.07) is 22.5. The Hall–Kier alpha value is -3.79. The maximum absolute atomic E-state index is 13.9. The van der Waals surface area contributed by atoms with Gasteiger partial charge in [-0.2, -0.15) is 0 Å². The number of amides is 1. The van der Waals surface area contributed by atoms with E-state index >= 15 is 0 Å². The van der Waals surface area contributed by atoms with Crippen LogP contribution in [-0.2, 0) is 16.1 Å². The van der Waals surface area contributed by atoms with Gasteiger partial charge in [-0.05, 0) is 93.2 Å². The van der Waals surface area contributed by atoms with E-state index in [1.807, 2.05) is 54.3 Å². The molecule has 3 aromatic rings. The molecule has 3 aromatic carbocycles. The topological polar surface area (TPSA) is 76.6 Å². The van der Waals surface area contributed by atoms with E-state index in [0.29, 0.717) is 38.2 Å². The van der Waals surface area contributed by atoms with Crippen LogP contribution in [0.3, 0.4) is 0 Å². The summed E-state index contributed by atoms with van der Waals surface area (Å²) in [4.78, 5) is 34.6. The van der Waals surface area contributed by atoms with Crippen molar-refractivity contribution in [3.05, 3.63) is 101 Å². The van der Waals surface area contributed by atoms with Gasteiger partial charge < -0.3 is 14.7 Å². The van der Waals surface area contributed by atoms with Gasteiger partial charge in [0.1, 0.15) is 11.6 Å². The van der Waals surface area contributed by atoms with Crippen LogP contribution in [-0.4, -0.2) is 101 Å². The first kappa shape index (κ1) is 35.5. The molecular formula is C39H51FN4O4. The van der Waals surface area contributed by atoms with Gasteiger partial charge >= 0.3 is 5.97 Å². The summed E-state index contributed by atoms with van der Waals surface area (Å²) in [5.41, 5.74) is 3.64. The summed E-state index contributed by atoms with van der Waals surface area (Å²) in [7, 11) is 0. The summed E-state index contributed by atoms with van der Waals surface area (Å²) in [5.74, 6) is -0.0771. The Balaban J connectivity index is 1.24. The smallest absolute Gasteiger partial charge is 0.305 e. The Bertz CT molecular complexity index is 1510. The van der Waals surface area contributed by atoms with Crippen LogP contribution < -0.4 is 0 Å². The van der Waals surface area contributed by atoms with Crippen molar-refractivity contribution in [3.63, 3.8) is 0 Å². The minimum atomic E-state index is -0.216. The molecule has 2 aliphatic heterocycles. The number of ether oxygens (including phenoxy) is 1. The molecule has 1 unspecified atom stereocenters. The zero-order chi connectivity index (χ0) is 34.0. The number of hydrogen-bond acceptors (Lipinski definition) is 7. The molecule has 3 atom stereocenters. The molecule has 0 aromatic heterocycles. The fourth-order valence-corrected chi connectivity index (χ4v) is 7.16. The van der Waals surface area contributed by atoms with Crippen LogP contribution >= 0.6 is 0 Å². The van der Waals surface area contributed by atoms with Gasteiger partial charge in [0.2, 0.25) is 0 Å². The van der Waals surface area contributed by atoms with Gasteiger partial charge in [-0.25, -0.2) is 4.39 Å². The van der Waals surface area contributed by atoms with Gasteiger partial charge in [0.05, 0.1) is 12.6 Å². The maximum Gasteiger partial charge on any atom is 0.305 e. The van der Waals surface area contributed by atoms with Crippen LogP contribution in [0.1, 0.15) is 79.5 Å². The second-order valence-corrected chi connectivity index (χ2v) is 13.3. The van der Waals surface area contributed by atoms with Crippen molar-refractivity contribution in [1.29, 1.82) is 0 Å². The summed E-state index contributed by atoms with van der Waals surface area (Å²) >= 11 is 0. The van der Waals surface area contributed by atoms with Crippen molar-refractivity contribution in [2.45, 2.75) is 71.1 Å². The fraction of sp³-hybridized carbons (Fsp3) is 0.487. The first-order valence-electron chi connectivity index (χ1n) is 17.5. The lowest BCUT2D eigenvalue weighted by Gasteiger charge is -2.47. The van der Waals surface area contributed by atoms with Crippen LogP contribution in [0.2, 0.25) is 0 Å². The number of benzene rings is 3. The lowest BCUT2D eigenvalue weighted by Crippen LogP contribution is -2.56. The molecule has 258 valence electrons. The number of piperazine rings is 2. The molecule has 0 aliphatic carbocycles. The molecule has 0 bridgehead atoms. The predicted octanol–water partition coefficient (Wildman–Crippen LogP) is 6.10. The number of carbonyl (C=O) groups is 2. The number of unbranched alkanes of at least 4 members (excludes halogenated alkanes) is 2. The lowest BCUT2D eigenvalue weighted by atomic mass is 9.92. The van der Waals surface area contributed by atoms with Gasteiger partial charge in [0, 0.05) is 69.9 Å². The molecule has 1 N–H and O–H groups in total. The quantitative estimate of drug-likeness (QED) is 0.176. The minimum Gasteiger partial charge on any atom is -0.508 e. The Morgan fingerprint density at radius 2 is 1.60 bits per heavy atom. The summed E-state index contributed by atoms with van der Waals surface area (Å²) in [6.07, 6.45) is 3.35. The number of hydrogen-bond donors (Lipinski definition) is 1. The highest BCUT2D eigenvalue weighted by atomic mass is 19.1. The third kappa shape index (κ3) is 9.43. The van der Waals surface area contributed by atoms with E-state index in [9.17, 15) is 19.1 Å². The molecule has 8 nitrogen and oxygen atoms in total. The van der Waals surface area contributed by atoms with E-state index in [1.165, 1.54) is 6.07 Å². The second-order valence-electron chi connectivity index (χ2n) is 13.3. The zero-order valence-electron chi connectivity index (χ0n) is 28.7. The zero-order valence-corrected chi connectivity index (χ0v) is 28.7. The van der Waals surface area contributed by atoms with Crippen molar-refractivity contribution < 1.29 is 23.8 Å². The van der Waals surface area contributed by atoms with Crippen molar-refractivity contribution in [2.75, 3.05) is 52.4 Å². The minimum absolute atomic E-state index is 0.0434. The van der Waals surface area contributed by atoms with Crippen molar-refractivity contribution in [3.8, 4) is 5.75 Å². The first-order valence-corrected chi connectivity index (χ1v) is 17.5. The summed E-state index contributed by atoms with van der Waals surface area (Å²) in [6.45, 7) is 13.0. The number of carbonyl (C=O) groups excluding carboxylic acids is 2. The molecule has 0 spiro atoms. The highest BCUT2D eigenvalue weighted by Crippen LogP contribution is 2.35. The molecule has 2 fully saturated rings. The lowest BCUT2D eigenvalue weighted by molar-refractivity contribution is -0.143. The highest BCUT2D eigenvalue weighted by molar-refractivity contribution is 5.94. The molecule has 2 saturated heterocycles. The van der Waals surface area contributed by atoms with E-state index in [1.54, 1.807) is 18.2 Å². The Labute approximate surface area is 285 Å². The van der Waals surface area contributed by atoms with Crippen molar-refractivity contribution in [1.82, 2.24) is 19.6 Å². The first-order chi connectivity index (χ1) is 23.2. The molecule has 2 aliphatic rings. The highest BCUT2D eigenvalue weighted by Gasteiger charge is 2.35. The van der Waals surface area contributed by atoms with Crippen LogP contribution in [0.4, 0.5) is 4.39 Å². The van der Waals surface area contributed by atoms with Gasteiger partial charge in [0.15, 0.2) is 0 Å². The van der Waals surface area contributed by atoms with Gasteiger partial charge in [-0.15, -0.1) is 0 Å². The Morgan fingerprint density at radius 1 is 0.875 bits per heavy atom. The number of nitrogens with zero attached hydrogens (tertiary/aromatic N) is 4. The van der Waals surface area contributed by atoms with Crippen LogP contribution in [0.5, 0.6) is 5.75 Å². The third-order valence-electron chi connectivity index (χ3n) is 9.72. The van der Waals surface area contributed by atoms with E-state index in [4.69, 9.17) is 4.74 Å². The van der Waals surface area contributed by atoms with Gasteiger partial charge in [-0.1, -0.05) is 42.8 Å². The Morgan fingerprint density at radius 3 is 2.33 bits per heavy atom. The predicted molar refractivity (Wildman–Crippen MR) is 186 cm³/mol. The summed E-state index contributed by atoms with van der Waals surface area (Å²) < 4.78 is 18.9. The SMILES string of the molecule is CCOC(=O)CCCCCN1CCN(C(=O)c2cccc(C(c3cccc(O)c3)N3C[C@@H](C)N(Cc4cccc(F)c4)C[C@H]3C)c2)CC1. The third-order valence-corrected chi connectivity index (χ3v) is 9.72. The molecule has 2 heterocycles. The standard InChI is InChI=1S/C39H51FN4O4/c1-4-48-37(46)17-6-5-7-18-41-19-21-42(22-20-41)39(47)34-14-9-12-32(24-34)38(33-13-10-16-36(45)25-33)44-27-29(2)43(26-30(44)3)28-31-11-8-15-35(40)23-31/h8-16,23-25,29-30,38,45H,4-7,17-22,26-28H2,1-3H3/t29-,30-,38?/m1/s1. The Kier molecular flexibility index (Phi) is 12.6. The van der Waals surface area contributed by atoms with Crippen molar-refractivity contribution >= 4 is 11.9 Å². The average Bonchev–Trinajstić information content (AvgIpc) is 3.07. The fourth-order valence-electron chi connectivity index (χ4n) is 7.16. The molecule has 0 saturated carbocycles. The van der Waals surface area contributed by atoms with Gasteiger partial charge in [-0.3, -0.25) is 24.3 Å². The summed E-state index contributed by atoms with van der Waals surface area (Å²) in [5, 5.41) is 10.5. The number of phenols is 1. The number of aromatic hydroxyl groups is 1. The maximum atomic E-state index is 13.9. The van der Waals surface area contributed by atoms with Crippen molar-refractivity contribution in [2.24, 2.45) is 0 Å². The van der Waals surface area contributed by atoms with E-state index in [-0.39, 0.29) is 41.6 Å². The second kappa shape index (κ2) is 17.0. The number of rotatable bonds is 13. The molecule has 1 amide bonds. The molecule has 9 heteroatoms. The van der Waals surface area contributed by atoms with Crippen LogP contribution in [0.15, 0.2) is 72.8 Å². The molecule has 5 rings (SSSR count). The normalized spacial score (nSPS) is 20.0. The van der Waals surface area contributed by atoms with E-state index < -0.39 is 0 Å². The number of halogens is 1. The van der Waals surface area contributed by atoms with Crippen LogP contribution in [0.25, 0.3) is 0 Å². The molecule has 0 radical (unpaired) electrons. The number of esters is 1. The van der Waals surface area contributed by atoms with E-state index in [0.717, 1.165) is 68.7 Å². The molecular weight excluding hydrogens is 607 g/mol. The number of phenolic OH excluding ortho intramolecular Hbond substituents is 1. The van der Waals surface area contributed by atoms with Gasteiger partial charge in [0.25, 0.3) is 5.91 Å². The van der Waals surface area contributed by atoms with E-state index in [2.05, 4.69) is 34.6 Å². The largest absolute Gasteiger partial charge is 0.508 e.